The first-order valence-corrected chi connectivity index (χ1v) is 9.05. The van der Waals surface area contributed by atoms with E-state index in [1.54, 1.807) is 13.0 Å². The Morgan fingerprint density at radius 3 is 2.46 bits per heavy atom. The lowest BCUT2D eigenvalue weighted by atomic mass is 10.1. The van der Waals surface area contributed by atoms with E-state index in [0.29, 0.717) is 16.8 Å². The molecule has 5 rings (SSSR count). The number of aromatic nitrogens is 3. The van der Waals surface area contributed by atoms with E-state index < -0.39 is 0 Å². The van der Waals surface area contributed by atoms with Gasteiger partial charge < -0.3 is 4.57 Å². The van der Waals surface area contributed by atoms with Crippen molar-refractivity contribution in [2.75, 3.05) is 0 Å². The highest BCUT2D eigenvalue weighted by Gasteiger charge is 2.17. The zero-order valence-electron chi connectivity index (χ0n) is 15.2. The van der Waals surface area contributed by atoms with Gasteiger partial charge in [0.05, 0.1) is 23.1 Å². The summed E-state index contributed by atoms with van der Waals surface area (Å²) in [5.74, 6) is -0.411. The molecule has 0 aliphatic carbocycles. The van der Waals surface area contributed by atoms with Gasteiger partial charge in [-0.25, -0.2) is 14.4 Å². The molecule has 2 heterocycles. The molecule has 0 N–H and O–H groups in total. The fraction of sp³-hybridized carbons (Fsp3) is 0.0870. The zero-order chi connectivity index (χ0) is 19.3. The summed E-state index contributed by atoms with van der Waals surface area (Å²) in [6.07, 6.45) is 0. The zero-order valence-corrected chi connectivity index (χ0v) is 15.2. The molecular weight excluding hydrogens is 353 g/mol. The van der Waals surface area contributed by atoms with Crippen LogP contribution in [0.5, 0.6) is 0 Å². The maximum atomic E-state index is 13.6. The van der Waals surface area contributed by atoms with Crippen LogP contribution >= 0.6 is 0 Å². The summed E-state index contributed by atoms with van der Waals surface area (Å²) in [6, 6.07) is 20.0. The summed E-state index contributed by atoms with van der Waals surface area (Å²) in [5.41, 5.74) is 4.89. The minimum atomic E-state index is -0.314. The van der Waals surface area contributed by atoms with Gasteiger partial charge in [0.15, 0.2) is 11.4 Å². The Hall–Kier alpha value is -3.60. The summed E-state index contributed by atoms with van der Waals surface area (Å²) in [6.45, 7) is 1.77. The molecule has 3 aromatic carbocycles. The van der Waals surface area contributed by atoms with Crippen molar-refractivity contribution in [2.45, 2.75) is 13.5 Å². The van der Waals surface area contributed by atoms with Gasteiger partial charge in [-0.1, -0.05) is 30.3 Å². The van der Waals surface area contributed by atoms with E-state index in [9.17, 15) is 9.18 Å². The molecule has 0 spiro atoms. The molecule has 0 unspecified atom stereocenters. The average Bonchev–Trinajstić information content (AvgIpc) is 3.01. The highest BCUT2D eigenvalue weighted by molar-refractivity contribution is 6.08. The van der Waals surface area contributed by atoms with Gasteiger partial charge in [0, 0.05) is 10.9 Å². The van der Waals surface area contributed by atoms with Crippen molar-refractivity contribution >= 4 is 38.9 Å². The molecule has 0 aliphatic rings. The van der Waals surface area contributed by atoms with Gasteiger partial charge in [-0.3, -0.25) is 4.79 Å². The van der Waals surface area contributed by atoms with E-state index in [-0.39, 0.29) is 18.1 Å². The Morgan fingerprint density at radius 1 is 0.964 bits per heavy atom. The van der Waals surface area contributed by atoms with Crippen LogP contribution in [0.15, 0.2) is 66.7 Å². The second-order valence-corrected chi connectivity index (χ2v) is 6.87. The number of halogens is 1. The maximum Gasteiger partial charge on any atom is 0.182 e. The topological polar surface area (TPSA) is 47.8 Å². The second kappa shape index (κ2) is 6.23. The lowest BCUT2D eigenvalue weighted by Crippen LogP contribution is -2.11. The average molecular weight is 369 g/mol. The van der Waals surface area contributed by atoms with Crippen molar-refractivity contribution in [1.29, 1.82) is 0 Å². The smallest absolute Gasteiger partial charge is 0.182 e. The molecule has 136 valence electrons. The molecule has 0 atom stereocenters. The number of fused-ring (bicyclic) bond motifs is 4. The number of carbonyl (C=O) groups is 1. The fourth-order valence-corrected chi connectivity index (χ4v) is 3.60. The summed E-state index contributed by atoms with van der Waals surface area (Å²) >= 11 is 0. The number of hydrogen-bond acceptors (Lipinski definition) is 3. The van der Waals surface area contributed by atoms with Gasteiger partial charge in [-0.05, 0) is 48.9 Å². The predicted molar refractivity (Wildman–Crippen MR) is 108 cm³/mol. The molecule has 4 nitrogen and oxygen atoms in total. The molecule has 0 bridgehead atoms. The first-order chi connectivity index (χ1) is 13.6. The SMILES string of the molecule is Cc1cc(C(=O)Cn2c3ccccc3c3nc4ccccc4nc32)ccc1F. The number of ketones is 1. The van der Waals surface area contributed by atoms with E-state index in [0.717, 1.165) is 27.5 Å². The first kappa shape index (κ1) is 16.6. The molecule has 5 heteroatoms. The highest BCUT2D eigenvalue weighted by atomic mass is 19.1. The molecule has 0 aliphatic heterocycles. The standard InChI is InChI=1S/C23H16FN3O/c1-14-12-15(10-11-17(14)24)21(28)13-27-20-9-5-2-6-16(20)22-23(27)26-19-8-4-3-7-18(19)25-22/h2-12H,13H2,1H3. The van der Waals surface area contributed by atoms with Crippen molar-refractivity contribution in [1.82, 2.24) is 14.5 Å². The van der Waals surface area contributed by atoms with Crippen LogP contribution in [0.3, 0.4) is 0 Å². The molecule has 0 saturated carbocycles. The van der Waals surface area contributed by atoms with Gasteiger partial charge in [0.25, 0.3) is 0 Å². The number of nitrogens with zero attached hydrogens (tertiary/aromatic N) is 3. The van der Waals surface area contributed by atoms with Crippen LogP contribution in [0.2, 0.25) is 0 Å². The van der Waals surface area contributed by atoms with Gasteiger partial charge in [0.2, 0.25) is 0 Å². The summed E-state index contributed by atoms with van der Waals surface area (Å²) < 4.78 is 15.5. The minimum Gasteiger partial charge on any atom is -0.316 e. The van der Waals surface area contributed by atoms with Gasteiger partial charge in [0.1, 0.15) is 11.3 Å². The van der Waals surface area contributed by atoms with Crippen LogP contribution in [0, 0.1) is 12.7 Å². The van der Waals surface area contributed by atoms with Crippen LogP contribution in [-0.4, -0.2) is 20.3 Å². The third-order valence-electron chi connectivity index (χ3n) is 5.04. The Morgan fingerprint density at radius 2 is 1.68 bits per heavy atom. The fourth-order valence-electron chi connectivity index (χ4n) is 3.60. The Labute approximate surface area is 160 Å². The van der Waals surface area contributed by atoms with Crippen molar-refractivity contribution in [2.24, 2.45) is 0 Å². The van der Waals surface area contributed by atoms with E-state index in [1.165, 1.54) is 12.1 Å². The third-order valence-corrected chi connectivity index (χ3v) is 5.04. The molecule has 0 amide bonds. The Balaban J connectivity index is 1.71. The van der Waals surface area contributed by atoms with Crippen LogP contribution in [0.4, 0.5) is 4.39 Å². The second-order valence-electron chi connectivity index (χ2n) is 6.87. The lowest BCUT2D eigenvalue weighted by Gasteiger charge is -2.07. The lowest BCUT2D eigenvalue weighted by molar-refractivity contribution is 0.0974. The van der Waals surface area contributed by atoms with Gasteiger partial charge >= 0.3 is 0 Å². The van der Waals surface area contributed by atoms with Gasteiger partial charge in [-0.2, -0.15) is 0 Å². The van der Waals surface area contributed by atoms with E-state index in [1.807, 2.05) is 53.1 Å². The van der Waals surface area contributed by atoms with Gasteiger partial charge in [-0.15, -0.1) is 0 Å². The van der Waals surface area contributed by atoms with Crippen molar-refractivity contribution in [3.8, 4) is 0 Å². The number of hydrogen-bond donors (Lipinski definition) is 0. The summed E-state index contributed by atoms with van der Waals surface area (Å²) in [4.78, 5) is 22.5. The first-order valence-electron chi connectivity index (χ1n) is 9.05. The number of Topliss-reactive ketones (excluding diaryl/α,β-unsaturated/α-hetero) is 1. The van der Waals surface area contributed by atoms with Crippen molar-refractivity contribution in [3.63, 3.8) is 0 Å². The quantitative estimate of drug-likeness (QED) is 0.417. The van der Waals surface area contributed by atoms with E-state index in [2.05, 4.69) is 0 Å². The molecule has 5 aromatic rings. The normalized spacial score (nSPS) is 11.5. The number of benzene rings is 3. The third kappa shape index (κ3) is 2.55. The van der Waals surface area contributed by atoms with Crippen LogP contribution < -0.4 is 0 Å². The van der Waals surface area contributed by atoms with Crippen LogP contribution in [0.1, 0.15) is 15.9 Å². The van der Waals surface area contributed by atoms with E-state index >= 15 is 0 Å². The summed E-state index contributed by atoms with van der Waals surface area (Å²) in [5, 5.41) is 0.957. The number of aryl methyl sites for hydroxylation is 1. The summed E-state index contributed by atoms with van der Waals surface area (Å²) in [7, 11) is 0. The number of para-hydroxylation sites is 3. The Kier molecular flexibility index (Phi) is 3.69. The molecule has 0 fully saturated rings. The highest BCUT2D eigenvalue weighted by Crippen LogP contribution is 2.28. The predicted octanol–water partition coefficient (Wildman–Crippen LogP) is 5.07. The maximum absolute atomic E-state index is 13.6. The van der Waals surface area contributed by atoms with E-state index in [4.69, 9.17) is 9.97 Å². The Bertz CT molecular complexity index is 1390. The molecule has 0 saturated heterocycles. The van der Waals surface area contributed by atoms with Crippen LogP contribution in [-0.2, 0) is 6.54 Å². The largest absolute Gasteiger partial charge is 0.316 e. The molecule has 0 radical (unpaired) electrons. The van der Waals surface area contributed by atoms with Crippen LogP contribution in [0.25, 0.3) is 33.1 Å². The van der Waals surface area contributed by atoms with Crippen molar-refractivity contribution < 1.29 is 9.18 Å². The number of carbonyl (C=O) groups excluding carboxylic acids is 1. The minimum absolute atomic E-state index is 0.0966. The molecular formula is C23H16FN3O. The molecule has 28 heavy (non-hydrogen) atoms. The monoisotopic (exact) mass is 369 g/mol. The molecule has 2 aromatic heterocycles. The number of rotatable bonds is 3. The van der Waals surface area contributed by atoms with Crippen molar-refractivity contribution in [3.05, 3.63) is 83.7 Å².